The van der Waals surface area contributed by atoms with E-state index in [-0.39, 0.29) is 29.6 Å². The SMILES string of the molecule is CCCNC(=O)C1CCN(C(=O)c2cccc(NC(=O)C3CC3)c2)CC1. The van der Waals surface area contributed by atoms with Gasteiger partial charge in [0.25, 0.3) is 5.91 Å². The lowest BCUT2D eigenvalue weighted by molar-refractivity contribution is -0.126. The number of rotatable bonds is 6. The molecule has 140 valence electrons. The molecule has 3 rings (SSSR count). The third-order valence-electron chi connectivity index (χ3n) is 5.03. The van der Waals surface area contributed by atoms with Gasteiger partial charge in [-0.3, -0.25) is 14.4 Å². The van der Waals surface area contributed by atoms with Crippen LogP contribution < -0.4 is 10.6 Å². The number of anilines is 1. The van der Waals surface area contributed by atoms with Crippen molar-refractivity contribution in [1.29, 1.82) is 0 Å². The zero-order valence-corrected chi connectivity index (χ0v) is 15.3. The first kappa shape index (κ1) is 18.4. The summed E-state index contributed by atoms with van der Waals surface area (Å²) < 4.78 is 0. The van der Waals surface area contributed by atoms with Crippen molar-refractivity contribution in [2.75, 3.05) is 25.0 Å². The van der Waals surface area contributed by atoms with Crippen LogP contribution in [0.2, 0.25) is 0 Å². The van der Waals surface area contributed by atoms with Crippen molar-refractivity contribution in [1.82, 2.24) is 10.2 Å². The minimum Gasteiger partial charge on any atom is -0.356 e. The van der Waals surface area contributed by atoms with Gasteiger partial charge >= 0.3 is 0 Å². The summed E-state index contributed by atoms with van der Waals surface area (Å²) in [5.74, 6) is 0.221. The Hall–Kier alpha value is -2.37. The van der Waals surface area contributed by atoms with E-state index in [9.17, 15) is 14.4 Å². The molecule has 3 amide bonds. The van der Waals surface area contributed by atoms with E-state index in [2.05, 4.69) is 10.6 Å². The number of hydrogen-bond donors (Lipinski definition) is 2. The van der Waals surface area contributed by atoms with Gasteiger partial charge in [-0.25, -0.2) is 0 Å². The maximum atomic E-state index is 12.7. The van der Waals surface area contributed by atoms with E-state index in [1.807, 2.05) is 6.92 Å². The molecule has 6 heteroatoms. The van der Waals surface area contributed by atoms with Crippen molar-refractivity contribution in [2.45, 2.75) is 39.0 Å². The minimum atomic E-state index is -0.0417. The smallest absolute Gasteiger partial charge is 0.253 e. The van der Waals surface area contributed by atoms with Crippen LogP contribution >= 0.6 is 0 Å². The van der Waals surface area contributed by atoms with Crippen molar-refractivity contribution in [3.63, 3.8) is 0 Å². The Bertz CT molecular complexity index is 677. The maximum Gasteiger partial charge on any atom is 0.253 e. The molecule has 6 nitrogen and oxygen atoms in total. The molecule has 0 spiro atoms. The molecule has 1 heterocycles. The van der Waals surface area contributed by atoms with Crippen LogP contribution in [0, 0.1) is 11.8 Å². The fourth-order valence-electron chi connectivity index (χ4n) is 3.24. The Labute approximate surface area is 154 Å². The van der Waals surface area contributed by atoms with E-state index in [0.29, 0.717) is 43.7 Å². The quantitative estimate of drug-likeness (QED) is 0.821. The number of amides is 3. The van der Waals surface area contributed by atoms with Crippen molar-refractivity contribution in [3.8, 4) is 0 Å². The van der Waals surface area contributed by atoms with Gasteiger partial charge in [-0.05, 0) is 50.3 Å². The number of nitrogens with one attached hydrogen (secondary N) is 2. The normalized spacial score (nSPS) is 17.7. The number of nitrogens with zero attached hydrogens (tertiary/aromatic N) is 1. The first-order chi connectivity index (χ1) is 12.6. The molecule has 0 aromatic heterocycles. The fraction of sp³-hybridized carbons (Fsp3) is 0.550. The number of hydrogen-bond acceptors (Lipinski definition) is 3. The lowest BCUT2D eigenvalue weighted by Crippen LogP contribution is -2.43. The zero-order chi connectivity index (χ0) is 18.5. The van der Waals surface area contributed by atoms with E-state index >= 15 is 0 Å². The summed E-state index contributed by atoms with van der Waals surface area (Å²) in [6, 6.07) is 7.11. The van der Waals surface area contributed by atoms with E-state index in [1.54, 1.807) is 29.2 Å². The van der Waals surface area contributed by atoms with Gasteiger partial charge in [0.2, 0.25) is 11.8 Å². The average molecular weight is 357 g/mol. The van der Waals surface area contributed by atoms with E-state index < -0.39 is 0 Å². The Balaban J connectivity index is 1.55. The first-order valence-corrected chi connectivity index (χ1v) is 9.56. The van der Waals surface area contributed by atoms with Gasteiger partial charge in [-0.1, -0.05) is 13.0 Å². The molecular weight excluding hydrogens is 330 g/mol. The first-order valence-electron chi connectivity index (χ1n) is 9.56. The van der Waals surface area contributed by atoms with E-state index in [4.69, 9.17) is 0 Å². The molecule has 1 aliphatic heterocycles. The fourth-order valence-corrected chi connectivity index (χ4v) is 3.24. The number of carbonyl (C=O) groups is 3. The highest BCUT2D eigenvalue weighted by Crippen LogP contribution is 2.30. The van der Waals surface area contributed by atoms with Crippen LogP contribution in [0.4, 0.5) is 5.69 Å². The number of piperidine rings is 1. The van der Waals surface area contributed by atoms with Crippen molar-refractivity contribution in [3.05, 3.63) is 29.8 Å². The van der Waals surface area contributed by atoms with Crippen LogP contribution in [0.1, 0.15) is 49.4 Å². The lowest BCUT2D eigenvalue weighted by Gasteiger charge is -2.31. The zero-order valence-electron chi connectivity index (χ0n) is 15.3. The van der Waals surface area contributed by atoms with E-state index in [0.717, 1.165) is 19.3 Å². The van der Waals surface area contributed by atoms with Crippen LogP contribution in [-0.4, -0.2) is 42.3 Å². The molecule has 1 aromatic carbocycles. The Morgan fingerprint density at radius 2 is 1.73 bits per heavy atom. The highest BCUT2D eigenvalue weighted by molar-refractivity contribution is 5.98. The molecule has 0 unspecified atom stereocenters. The van der Waals surface area contributed by atoms with Crippen LogP contribution in [0.15, 0.2) is 24.3 Å². The Kier molecular flexibility index (Phi) is 5.91. The van der Waals surface area contributed by atoms with Crippen LogP contribution in [0.25, 0.3) is 0 Å². The summed E-state index contributed by atoms with van der Waals surface area (Å²) in [6.07, 6.45) is 4.21. The van der Waals surface area contributed by atoms with Gasteiger partial charge in [0.1, 0.15) is 0 Å². The second kappa shape index (κ2) is 8.34. The highest BCUT2D eigenvalue weighted by Gasteiger charge is 2.30. The van der Waals surface area contributed by atoms with Crippen molar-refractivity contribution in [2.24, 2.45) is 11.8 Å². The predicted molar refractivity (Wildman–Crippen MR) is 99.7 cm³/mol. The van der Waals surface area contributed by atoms with Gasteiger partial charge in [0.15, 0.2) is 0 Å². The monoisotopic (exact) mass is 357 g/mol. The maximum absolute atomic E-state index is 12.7. The molecule has 2 aliphatic rings. The largest absolute Gasteiger partial charge is 0.356 e. The minimum absolute atomic E-state index is 0.00485. The van der Waals surface area contributed by atoms with E-state index in [1.165, 1.54) is 0 Å². The Morgan fingerprint density at radius 1 is 1.04 bits per heavy atom. The third kappa shape index (κ3) is 4.62. The second-order valence-corrected chi connectivity index (χ2v) is 7.20. The molecule has 1 saturated heterocycles. The summed E-state index contributed by atoms with van der Waals surface area (Å²) in [5.41, 5.74) is 1.24. The Morgan fingerprint density at radius 3 is 2.38 bits per heavy atom. The molecule has 1 saturated carbocycles. The van der Waals surface area contributed by atoms with Gasteiger partial charge in [0.05, 0.1) is 0 Å². The summed E-state index contributed by atoms with van der Waals surface area (Å²) in [4.78, 5) is 38.5. The summed E-state index contributed by atoms with van der Waals surface area (Å²) >= 11 is 0. The molecule has 1 aromatic rings. The van der Waals surface area contributed by atoms with Gasteiger partial charge in [-0.15, -0.1) is 0 Å². The second-order valence-electron chi connectivity index (χ2n) is 7.20. The molecule has 26 heavy (non-hydrogen) atoms. The third-order valence-corrected chi connectivity index (χ3v) is 5.03. The summed E-state index contributed by atoms with van der Waals surface area (Å²) in [7, 11) is 0. The molecule has 0 bridgehead atoms. The predicted octanol–water partition coefficient (Wildman–Crippen LogP) is 2.41. The van der Waals surface area contributed by atoms with Crippen LogP contribution in [0.3, 0.4) is 0 Å². The molecular formula is C20H27N3O3. The van der Waals surface area contributed by atoms with Gasteiger partial charge in [-0.2, -0.15) is 0 Å². The van der Waals surface area contributed by atoms with Gasteiger partial charge < -0.3 is 15.5 Å². The molecule has 2 fully saturated rings. The van der Waals surface area contributed by atoms with Crippen molar-refractivity contribution < 1.29 is 14.4 Å². The number of benzene rings is 1. The number of likely N-dealkylation sites (tertiary alicyclic amines) is 1. The topological polar surface area (TPSA) is 78.5 Å². The number of carbonyl (C=O) groups excluding carboxylic acids is 3. The standard InChI is InChI=1S/C20H27N3O3/c1-2-10-21-18(24)15-8-11-23(12-9-15)20(26)16-4-3-5-17(13-16)22-19(25)14-6-7-14/h3-5,13-15H,2,6-12H2,1H3,(H,21,24)(H,22,25). The highest BCUT2D eigenvalue weighted by atomic mass is 16.2. The van der Waals surface area contributed by atoms with Crippen molar-refractivity contribution >= 4 is 23.4 Å². The van der Waals surface area contributed by atoms with Gasteiger partial charge in [0, 0.05) is 42.7 Å². The molecule has 2 N–H and O–H groups in total. The average Bonchev–Trinajstić information content (AvgIpc) is 3.51. The van der Waals surface area contributed by atoms with Crippen LogP contribution in [-0.2, 0) is 9.59 Å². The molecule has 0 atom stereocenters. The summed E-state index contributed by atoms with van der Waals surface area (Å²) in [5, 5.41) is 5.82. The molecule has 1 aliphatic carbocycles. The van der Waals surface area contributed by atoms with Crippen LogP contribution in [0.5, 0.6) is 0 Å². The lowest BCUT2D eigenvalue weighted by atomic mass is 9.95. The molecule has 0 radical (unpaired) electrons. The summed E-state index contributed by atoms with van der Waals surface area (Å²) in [6.45, 7) is 3.91.